The van der Waals surface area contributed by atoms with Crippen molar-refractivity contribution in [3.05, 3.63) is 51.7 Å². The fraction of sp³-hybridized carbons (Fsp3) is 0.450. The van der Waals surface area contributed by atoms with Crippen molar-refractivity contribution in [2.45, 2.75) is 38.2 Å². The summed E-state index contributed by atoms with van der Waals surface area (Å²) in [5, 5.41) is 18.7. The molecule has 4 N–H and O–H groups in total. The van der Waals surface area contributed by atoms with Gasteiger partial charge in [-0.1, -0.05) is 18.2 Å². The molecule has 10 heteroatoms. The fourth-order valence-corrected chi connectivity index (χ4v) is 4.82. The molecule has 1 aromatic carbocycles. The maximum Gasteiger partial charge on any atom is 0.240 e. The van der Waals surface area contributed by atoms with Gasteiger partial charge in [0.2, 0.25) is 10.0 Å². The number of aliphatic hydroxyl groups is 1. The van der Waals surface area contributed by atoms with Gasteiger partial charge in [-0.15, -0.1) is 35.3 Å². The molecule has 0 radical (unpaired) electrons. The number of hydrogen-bond donors (Lipinski definition) is 4. The van der Waals surface area contributed by atoms with Crippen LogP contribution in [0.4, 0.5) is 0 Å². The molecule has 1 atom stereocenters. The maximum atomic E-state index is 12.5. The summed E-state index contributed by atoms with van der Waals surface area (Å²) in [6.07, 6.45) is 0. The second-order valence-corrected chi connectivity index (χ2v) is 9.72. The average Bonchev–Trinajstić information content (AvgIpc) is 3.21. The van der Waals surface area contributed by atoms with Crippen LogP contribution in [-0.2, 0) is 15.6 Å². The quantitative estimate of drug-likeness (QED) is 0.162. The van der Waals surface area contributed by atoms with Gasteiger partial charge in [0.1, 0.15) is 5.60 Å². The second kappa shape index (κ2) is 12.0. The van der Waals surface area contributed by atoms with Crippen LogP contribution in [0.3, 0.4) is 0 Å². The smallest absolute Gasteiger partial charge is 0.240 e. The first-order valence-corrected chi connectivity index (χ1v) is 11.9. The predicted octanol–water partition coefficient (Wildman–Crippen LogP) is 2.72. The van der Waals surface area contributed by atoms with E-state index in [1.807, 2.05) is 37.4 Å². The predicted molar refractivity (Wildman–Crippen MR) is 134 cm³/mol. The minimum absolute atomic E-state index is 0. The van der Waals surface area contributed by atoms with Crippen LogP contribution in [0.2, 0.25) is 0 Å². The number of hydrogen-bond acceptors (Lipinski definition) is 5. The van der Waals surface area contributed by atoms with E-state index in [0.29, 0.717) is 29.5 Å². The van der Waals surface area contributed by atoms with E-state index in [0.717, 1.165) is 10.4 Å². The summed E-state index contributed by atoms with van der Waals surface area (Å²) in [7, 11) is -3.58. The zero-order chi connectivity index (χ0) is 21.5. The lowest BCUT2D eigenvalue weighted by Gasteiger charge is -2.20. The third-order valence-corrected chi connectivity index (χ3v) is 7.01. The molecule has 1 aromatic heterocycles. The van der Waals surface area contributed by atoms with Gasteiger partial charge in [-0.2, -0.15) is 0 Å². The van der Waals surface area contributed by atoms with E-state index in [2.05, 4.69) is 20.3 Å². The van der Waals surface area contributed by atoms with E-state index < -0.39 is 15.6 Å². The fourth-order valence-electron chi connectivity index (χ4n) is 2.68. The standard InChI is InChI=1S/C20H30N4O3S2.HI/c1-5-21-19(23-14-20(4,25)18-7-6-12-28-18)22-10-11-24-29(26,27)17-13-15(2)8-9-16(17)3;/h6-9,12-13,24-25H,5,10-11,14H2,1-4H3,(H2,21,22,23);1H. The molecule has 0 aliphatic rings. The highest BCUT2D eigenvalue weighted by molar-refractivity contribution is 14.0. The first kappa shape index (κ1) is 26.8. The van der Waals surface area contributed by atoms with Crippen molar-refractivity contribution in [2.24, 2.45) is 4.99 Å². The first-order valence-electron chi connectivity index (χ1n) is 9.51. The van der Waals surface area contributed by atoms with Gasteiger partial charge in [-0.25, -0.2) is 18.1 Å². The Morgan fingerprint density at radius 3 is 2.57 bits per heavy atom. The van der Waals surface area contributed by atoms with E-state index in [1.165, 1.54) is 11.3 Å². The second-order valence-electron chi connectivity index (χ2n) is 7.04. The molecular formula is C20H31IN4O3S2. The highest BCUT2D eigenvalue weighted by Gasteiger charge is 2.24. The summed E-state index contributed by atoms with van der Waals surface area (Å²) in [5.74, 6) is 0.523. The minimum atomic E-state index is -3.58. The van der Waals surface area contributed by atoms with Crippen LogP contribution in [-0.4, -0.2) is 45.7 Å². The maximum absolute atomic E-state index is 12.5. The van der Waals surface area contributed by atoms with Gasteiger partial charge in [-0.3, -0.25) is 0 Å². The van der Waals surface area contributed by atoms with Gasteiger partial charge in [0.15, 0.2) is 5.96 Å². The molecule has 2 aromatic rings. The van der Waals surface area contributed by atoms with Crippen LogP contribution in [0.15, 0.2) is 45.6 Å². The molecule has 0 amide bonds. The molecule has 0 aliphatic heterocycles. The summed E-state index contributed by atoms with van der Waals surface area (Å²) < 4.78 is 27.7. The van der Waals surface area contributed by atoms with Crippen molar-refractivity contribution in [1.82, 2.24) is 15.4 Å². The number of thiophene rings is 1. The van der Waals surface area contributed by atoms with Crippen LogP contribution in [0.25, 0.3) is 0 Å². The normalized spacial score (nSPS) is 14.0. The van der Waals surface area contributed by atoms with E-state index in [9.17, 15) is 13.5 Å². The van der Waals surface area contributed by atoms with Crippen molar-refractivity contribution >= 4 is 51.3 Å². The van der Waals surface area contributed by atoms with Crippen LogP contribution in [0.5, 0.6) is 0 Å². The number of halogens is 1. The third-order valence-electron chi connectivity index (χ3n) is 4.28. The molecule has 2 rings (SSSR count). The molecular weight excluding hydrogens is 535 g/mol. The summed E-state index contributed by atoms with van der Waals surface area (Å²) in [6.45, 7) is 8.73. The van der Waals surface area contributed by atoms with E-state index >= 15 is 0 Å². The van der Waals surface area contributed by atoms with E-state index in [4.69, 9.17) is 0 Å². The lowest BCUT2D eigenvalue weighted by molar-refractivity contribution is 0.0711. The van der Waals surface area contributed by atoms with Crippen molar-refractivity contribution < 1.29 is 13.5 Å². The SMILES string of the molecule is CCNC(=NCC(C)(O)c1cccs1)NCCNS(=O)(=O)c1cc(C)ccc1C.I. The van der Waals surface area contributed by atoms with Gasteiger partial charge in [0.25, 0.3) is 0 Å². The molecule has 7 nitrogen and oxygen atoms in total. The summed E-state index contributed by atoms with van der Waals surface area (Å²) in [6, 6.07) is 9.13. The number of nitrogens with one attached hydrogen (secondary N) is 3. The average molecular weight is 567 g/mol. The molecule has 0 aliphatic carbocycles. The molecule has 168 valence electrons. The Balaban J connectivity index is 0.00000450. The number of aryl methyl sites for hydroxylation is 2. The number of guanidine groups is 1. The molecule has 0 saturated heterocycles. The molecule has 0 fully saturated rings. The van der Waals surface area contributed by atoms with Gasteiger partial charge in [-0.05, 0) is 56.3 Å². The highest BCUT2D eigenvalue weighted by Crippen LogP contribution is 2.25. The topological polar surface area (TPSA) is 103 Å². The van der Waals surface area contributed by atoms with Gasteiger partial charge < -0.3 is 15.7 Å². The molecule has 0 spiro atoms. The van der Waals surface area contributed by atoms with Crippen molar-refractivity contribution in [3.8, 4) is 0 Å². The molecule has 0 saturated carbocycles. The monoisotopic (exact) mass is 566 g/mol. The summed E-state index contributed by atoms with van der Waals surface area (Å²) in [5.41, 5.74) is 0.552. The largest absolute Gasteiger partial charge is 0.383 e. The summed E-state index contributed by atoms with van der Waals surface area (Å²) in [4.78, 5) is 5.57. The van der Waals surface area contributed by atoms with Gasteiger partial charge in [0, 0.05) is 24.5 Å². The van der Waals surface area contributed by atoms with Crippen molar-refractivity contribution in [1.29, 1.82) is 0 Å². The Kier molecular flexibility index (Phi) is 10.7. The molecule has 1 unspecified atom stereocenters. The number of sulfonamides is 1. The Labute approximate surface area is 200 Å². The Hall–Kier alpha value is -1.21. The minimum Gasteiger partial charge on any atom is -0.383 e. The molecule has 1 heterocycles. The Morgan fingerprint density at radius 2 is 1.93 bits per heavy atom. The van der Waals surface area contributed by atoms with Crippen LogP contribution >= 0.6 is 35.3 Å². The van der Waals surface area contributed by atoms with Crippen LogP contribution < -0.4 is 15.4 Å². The number of rotatable bonds is 9. The number of benzene rings is 1. The van der Waals surface area contributed by atoms with Crippen LogP contribution in [0, 0.1) is 13.8 Å². The molecule has 30 heavy (non-hydrogen) atoms. The van der Waals surface area contributed by atoms with E-state index in [-0.39, 0.29) is 37.1 Å². The first-order chi connectivity index (χ1) is 13.7. The third kappa shape index (κ3) is 7.80. The van der Waals surface area contributed by atoms with Gasteiger partial charge in [0.05, 0.1) is 11.4 Å². The van der Waals surface area contributed by atoms with E-state index in [1.54, 1.807) is 26.0 Å². The van der Waals surface area contributed by atoms with Gasteiger partial charge >= 0.3 is 0 Å². The Bertz CT molecular complexity index is 930. The lowest BCUT2D eigenvalue weighted by atomic mass is 10.1. The van der Waals surface area contributed by atoms with Crippen molar-refractivity contribution in [3.63, 3.8) is 0 Å². The summed E-state index contributed by atoms with van der Waals surface area (Å²) >= 11 is 1.48. The number of nitrogens with zero attached hydrogens (tertiary/aromatic N) is 1. The Morgan fingerprint density at radius 1 is 1.20 bits per heavy atom. The van der Waals surface area contributed by atoms with Crippen molar-refractivity contribution in [2.75, 3.05) is 26.2 Å². The lowest BCUT2D eigenvalue weighted by Crippen LogP contribution is -2.42. The zero-order valence-electron chi connectivity index (χ0n) is 17.7. The zero-order valence-corrected chi connectivity index (χ0v) is 21.7. The molecule has 0 bridgehead atoms. The van der Waals surface area contributed by atoms with Crippen LogP contribution in [0.1, 0.15) is 29.9 Å². The number of aliphatic imine (C=N–C) groups is 1. The highest BCUT2D eigenvalue weighted by atomic mass is 127.